The number of likely N-dealkylation sites (tertiary alicyclic amines) is 1. The van der Waals surface area contributed by atoms with Crippen molar-refractivity contribution in [1.82, 2.24) is 4.90 Å². The number of aliphatic hydroxyl groups is 1. The van der Waals surface area contributed by atoms with Crippen molar-refractivity contribution in [2.75, 3.05) is 13.1 Å². The van der Waals surface area contributed by atoms with Gasteiger partial charge < -0.3 is 5.11 Å². The highest BCUT2D eigenvalue weighted by atomic mass is 35.5. The van der Waals surface area contributed by atoms with E-state index >= 15 is 0 Å². The lowest BCUT2D eigenvalue weighted by Gasteiger charge is -2.36. The Kier molecular flexibility index (Phi) is 4.91. The molecule has 1 saturated heterocycles. The van der Waals surface area contributed by atoms with Crippen molar-refractivity contribution >= 4 is 23.2 Å². The molecule has 18 heavy (non-hydrogen) atoms. The molecular weight excluding hydrogens is 269 g/mol. The maximum atomic E-state index is 9.88. The minimum absolute atomic E-state index is 0.152. The number of benzene rings is 1. The molecule has 4 heteroatoms. The highest BCUT2D eigenvalue weighted by Crippen LogP contribution is 2.28. The van der Waals surface area contributed by atoms with Crippen molar-refractivity contribution in [3.05, 3.63) is 33.8 Å². The normalized spacial score (nSPS) is 25.3. The average molecular weight is 288 g/mol. The lowest BCUT2D eigenvalue weighted by atomic mass is 9.92. The Bertz CT molecular complexity index is 411. The topological polar surface area (TPSA) is 23.5 Å². The van der Waals surface area contributed by atoms with Crippen molar-refractivity contribution in [3.8, 4) is 0 Å². The number of aliphatic hydroxyl groups excluding tert-OH is 1. The van der Waals surface area contributed by atoms with Crippen molar-refractivity contribution in [2.45, 2.75) is 32.4 Å². The summed E-state index contributed by atoms with van der Waals surface area (Å²) in [5.41, 5.74) is 1.07. The van der Waals surface area contributed by atoms with Gasteiger partial charge in [0.05, 0.1) is 16.1 Å². The Hall–Kier alpha value is -0.280. The second-order valence-electron chi connectivity index (χ2n) is 4.97. The average Bonchev–Trinajstić information content (AvgIpc) is 2.37. The number of hydrogen-bond donors (Lipinski definition) is 1. The fourth-order valence-corrected chi connectivity index (χ4v) is 2.93. The largest absolute Gasteiger partial charge is 0.393 e. The molecule has 0 saturated carbocycles. The summed E-state index contributed by atoms with van der Waals surface area (Å²) < 4.78 is 0. The van der Waals surface area contributed by atoms with Gasteiger partial charge in [0.2, 0.25) is 0 Å². The number of halogens is 2. The molecule has 1 fully saturated rings. The zero-order chi connectivity index (χ0) is 13.1. The summed E-state index contributed by atoms with van der Waals surface area (Å²) in [6.45, 7) is 4.79. The van der Waals surface area contributed by atoms with Crippen LogP contribution in [0.3, 0.4) is 0 Å². The van der Waals surface area contributed by atoms with Crippen LogP contribution < -0.4 is 0 Å². The number of nitrogens with zero attached hydrogens (tertiary/aromatic N) is 1. The van der Waals surface area contributed by atoms with Crippen molar-refractivity contribution in [2.24, 2.45) is 5.92 Å². The molecule has 0 spiro atoms. The van der Waals surface area contributed by atoms with E-state index in [9.17, 15) is 5.11 Å². The first-order valence-corrected chi connectivity index (χ1v) is 7.20. The van der Waals surface area contributed by atoms with Gasteiger partial charge in [0.25, 0.3) is 0 Å². The summed E-state index contributed by atoms with van der Waals surface area (Å²) in [4.78, 5) is 2.35. The van der Waals surface area contributed by atoms with Crippen LogP contribution in [0.4, 0.5) is 0 Å². The molecule has 1 aromatic rings. The molecule has 1 heterocycles. The maximum Gasteiger partial charge on any atom is 0.0637 e. The van der Waals surface area contributed by atoms with E-state index in [1.54, 1.807) is 0 Å². The second-order valence-corrected chi connectivity index (χ2v) is 5.76. The number of hydrogen-bond acceptors (Lipinski definition) is 2. The Balaban J connectivity index is 2.03. The van der Waals surface area contributed by atoms with E-state index in [4.69, 9.17) is 23.2 Å². The van der Waals surface area contributed by atoms with Crippen LogP contribution in [0, 0.1) is 5.92 Å². The van der Waals surface area contributed by atoms with Gasteiger partial charge in [0.1, 0.15) is 0 Å². The van der Waals surface area contributed by atoms with Crippen LogP contribution in [0.25, 0.3) is 0 Å². The van der Waals surface area contributed by atoms with Crippen molar-refractivity contribution < 1.29 is 5.11 Å². The van der Waals surface area contributed by atoms with E-state index in [2.05, 4.69) is 11.8 Å². The molecule has 0 radical (unpaired) electrons. The predicted molar refractivity (Wildman–Crippen MR) is 76.1 cm³/mol. The van der Waals surface area contributed by atoms with Gasteiger partial charge >= 0.3 is 0 Å². The molecule has 1 aliphatic rings. The molecule has 0 aromatic heterocycles. The second kappa shape index (κ2) is 6.25. The zero-order valence-corrected chi connectivity index (χ0v) is 12.1. The molecule has 2 nitrogen and oxygen atoms in total. The van der Waals surface area contributed by atoms with Crippen LogP contribution in [-0.2, 0) is 6.54 Å². The molecule has 100 valence electrons. The van der Waals surface area contributed by atoms with Crippen molar-refractivity contribution in [1.29, 1.82) is 0 Å². The first kappa shape index (κ1) is 14.1. The van der Waals surface area contributed by atoms with Crippen LogP contribution in [0.2, 0.25) is 10.0 Å². The third-order valence-corrected chi connectivity index (χ3v) is 4.59. The minimum atomic E-state index is -0.152. The summed E-state index contributed by atoms with van der Waals surface area (Å²) in [6, 6.07) is 5.75. The Morgan fingerprint density at radius 2 is 2.17 bits per heavy atom. The molecule has 2 unspecified atom stereocenters. The Morgan fingerprint density at radius 1 is 1.39 bits per heavy atom. The van der Waals surface area contributed by atoms with Crippen molar-refractivity contribution in [3.63, 3.8) is 0 Å². The predicted octanol–water partition coefficient (Wildman–Crippen LogP) is 3.59. The summed E-state index contributed by atoms with van der Waals surface area (Å²) in [6.07, 6.45) is 1.71. The number of piperidine rings is 1. The van der Waals surface area contributed by atoms with E-state index in [-0.39, 0.29) is 6.10 Å². The van der Waals surface area contributed by atoms with Gasteiger partial charge in [0, 0.05) is 19.6 Å². The Labute approximate surface area is 119 Å². The van der Waals surface area contributed by atoms with E-state index in [1.807, 2.05) is 18.2 Å². The van der Waals surface area contributed by atoms with E-state index in [1.165, 1.54) is 0 Å². The van der Waals surface area contributed by atoms with Gasteiger partial charge in [-0.05, 0) is 30.4 Å². The van der Waals surface area contributed by atoms with E-state index in [0.717, 1.165) is 38.0 Å². The number of rotatable bonds is 3. The summed E-state index contributed by atoms with van der Waals surface area (Å²) in [5, 5.41) is 11.1. The lowest BCUT2D eigenvalue weighted by molar-refractivity contribution is 0.0222. The van der Waals surface area contributed by atoms with E-state index in [0.29, 0.717) is 16.0 Å². The van der Waals surface area contributed by atoms with Gasteiger partial charge in [-0.1, -0.05) is 42.3 Å². The first-order valence-electron chi connectivity index (χ1n) is 6.45. The lowest BCUT2D eigenvalue weighted by Crippen LogP contribution is -2.42. The maximum absolute atomic E-state index is 9.88. The minimum Gasteiger partial charge on any atom is -0.393 e. The molecule has 0 amide bonds. The highest BCUT2D eigenvalue weighted by Gasteiger charge is 2.26. The fourth-order valence-electron chi connectivity index (χ4n) is 2.55. The van der Waals surface area contributed by atoms with Gasteiger partial charge in [-0.2, -0.15) is 0 Å². The fraction of sp³-hybridized carbons (Fsp3) is 0.571. The summed E-state index contributed by atoms with van der Waals surface area (Å²) in [5.74, 6) is 0.372. The quantitative estimate of drug-likeness (QED) is 0.919. The Morgan fingerprint density at radius 3 is 2.89 bits per heavy atom. The van der Waals surface area contributed by atoms with Gasteiger partial charge in [-0.15, -0.1) is 0 Å². The van der Waals surface area contributed by atoms with Gasteiger partial charge in [-0.25, -0.2) is 0 Å². The van der Waals surface area contributed by atoms with E-state index < -0.39 is 0 Å². The molecule has 1 aliphatic heterocycles. The summed E-state index contributed by atoms with van der Waals surface area (Å²) >= 11 is 12.2. The van der Waals surface area contributed by atoms with Crippen LogP contribution in [0.5, 0.6) is 0 Å². The molecule has 1 N–H and O–H groups in total. The molecular formula is C14H19Cl2NO. The standard InChI is InChI=1S/C14H19Cl2NO/c1-2-10-8-17(7-6-13(10)18)9-11-4-3-5-12(15)14(11)16/h3-5,10,13,18H,2,6-9H2,1H3. The smallest absolute Gasteiger partial charge is 0.0637 e. The SMILES string of the molecule is CCC1CN(Cc2cccc(Cl)c2Cl)CCC1O. The molecule has 0 aliphatic carbocycles. The molecule has 2 rings (SSSR count). The van der Waals surface area contributed by atoms with Crippen LogP contribution >= 0.6 is 23.2 Å². The van der Waals surface area contributed by atoms with Crippen LogP contribution in [-0.4, -0.2) is 29.2 Å². The zero-order valence-electron chi connectivity index (χ0n) is 10.6. The molecule has 2 atom stereocenters. The third-order valence-electron chi connectivity index (χ3n) is 3.73. The molecule has 0 bridgehead atoms. The summed E-state index contributed by atoms with van der Waals surface area (Å²) in [7, 11) is 0. The van der Waals surface area contributed by atoms with Crippen LogP contribution in [0.15, 0.2) is 18.2 Å². The van der Waals surface area contributed by atoms with Gasteiger partial charge in [-0.3, -0.25) is 4.90 Å². The third kappa shape index (κ3) is 3.18. The highest BCUT2D eigenvalue weighted by molar-refractivity contribution is 6.42. The molecule has 1 aromatic carbocycles. The monoisotopic (exact) mass is 287 g/mol. The van der Waals surface area contributed by atoms with Gasteiger partial charge in [0.15, 0.2) is 0 Å². The van der Waals surface area contributed by atoms with Crippen LogP contribution in [0.1, 0.15) is 25.3 Å². The first-order chi connectivity index (χ1) is 8.61.